The van der Waals surface area contributed by atoms with Crippen LogP contribution in [-0.4, -0.2) is 29.1 Å². The fourth-order valence-electron chi connectivity index (χ4n) is 4.37. The van der Waals surface area contributed by atoms with Gasteiger partial charge in [0.1, 0.15) is 12.4 Å². The van der Waals surface area contributed by atoms with Crippen molar-refractivity contribution < 1.29 is 14.6 Å². The van der Waals surface area contributed by atoms with Crippen LogP contribution in [0, 0.1) is 12.8 Å². The Hall–Kier alpha value is -3.11. The molecule has 4 rings (SSSR count). The van der Waals surface area contributed by atoms with E-state index in [4.69, 9.17) is 4.74 Å². The third kappa shape index (κ3) is 5.33. The van der Waals surface area contributed by atoms with Crippen LogP contribution in [0.2, 0.25) is 0 Å². The molecule has 0 radical (unpaired) electrons. The Morgan fingerprint density at radius 2 is 1.65 bits per heavy atom. The van der Waals surface area contributed by atoms with Crippen molar-refractivity contribution in [1.29, 1.82) is 0 Å². The number of nitrogens with zero attached hydrogens (tertiary/aromatic N) is 1. The molecule has 0 amide bonds. The molecule has 160 valence electrons. The number of rotatable bonds is 7. The summed E-state index contributed by atoms with van der Waals surface area (Å²) >= 11 is 0. The van der Waals surface area contributed by atoms with E-state index in [1.807, 2.05) is 30.3 Å². The smallest absolute Gasteiger partial charge is 0.306 e. The number of hydrogen-bond acceptors (Lipinski definition) is 3. The second-order valence-corrected chi connectivity index (χ2v) is 8.31. The summed E-state index contributed by atoms with van der Waals surface area (Å²) in [5.41, 5.74) is 4.76. The van der Waals surface area contributed by atoms with Crippen molar-refractivity contribution in [1.82, 2.24) is 4.90 Å². The van der Waals surface area contributed by atoms with Gasteiger partial charge in [-0.15, -0.1) is 0 Å². The van der Waals surface area contributed by atoms with E-state index < -0.39 is 5.97 Å². The van der Waals surface area contributed by atoms with E-state index in [0.29, 0.717) is 19.4 Å². The quantitative estimate of drug-likeness (QED) is 0.557. The van der Waals surface area contributed by atoms with E-state index in [-0.39, 0.29) is 12.0 Å². The molecule has 1 unspecified atom stereocenters. The van der Waals surface area contributed by atoms with Gasteiger partial charge in [-0.1, -0.05) is 72.3 Å². The van der Waals surface area contributed by atoms with Crippen molar-refractivity contribution in [3.05, 3.63) is 101 Å². The molecule has 31 heavy (non-hydrogen) atoms. The fraction of sp³-hybridized carbons (Fsp3) is 0.296. The van der Waals surface area contributed by atoms with Crippen LogP contribution >= 0.6 is 0 Å². The highest BCUT2D eigenvalue weighted by molar-refractivity contribution is 5.70. The van der Waals surface area contributed by atoms with Crippen LogP contribution < -0.4 is 4.74 Å². The largest absolute Gasteiger partial charge is 0.489 e. The first kappa shape index (κ1) is 21.1. The van der Waals surface area contributed by atoms with E-state index in [1.54, 1.807) is 0 Å². The second kappa shape index (κ2) is 9.80. The minimum atomic E-state index is -0.678. The van der Waals surface area contributed by atoms with Crippen molar-refractivity contribution in [3.63, 3.8) is 0 Å². The van der Waals surface area contributed by atoms with E-state index in [1.165, 1.54) is 16.7 Å². The number of carboxylic acid groups (broad SMARTS) is 1. The Bertz CT molecular complexity index is 1010. The number of aryl methyl sites for hydroxylation is 1. The molecule has 1 aliphatic heterocycles. The number of likely N-dealkylation sites (tertiary alicyclic amines) is 1. The van der Waals surface area contributed by atoms with Gasteiger partial charge in [0.15, 0.2) is 0 Å². The van der Waals surface area contributed by atoms with Crippen molar-refractivity contribution in [2.24, 2.45) is 5.92 Å². The van der Waals surface area contributed by atoms with Crippen molar-refractivity contribution in [2.75, 3.05) is 13.1 Å². The van der Waals surface area contributed by atoms with Crippen LogP contribution in [0.3, 0.4) is 0 Å². The molecule has 0 bridgehead atoms. The molecule has 4 nitrogen and oxygen atoms in total. The molecular weight excluding hydrogens is 386 g/mol. The molecule has 1 fully saturated rings. The van der Waals surface area contributed by atoms with Gasteiger partial charge in [0.05, 0.1) is 12.0 Å². The summed E-state index contributed by atoms with van der Waals surface area (Å²) in [6.07, 6.45) is 1.36. The van der Waals surface area contributed by atoms with E-state index in [0.717, 1.165) is 24.4 Å². The zero-order chi connectivity index (χ0) is 21.6. The van der Waals surface area contributed by atoms with Gasteiger partial charge in [-0.05, 0) is 61.7 Å². The number of benzene rings is 3. The molecule has 1 heterocycles. The van der Waals surface area contributed by atoms with Gasteiger partial charge >= 0.3 is 5.97 Å². The van der Waals surface area contributed by atoms with Crippen LogP contribution in [0.4, 0.5) is 0 Å². The van der Waals surface area contributed by atoms with Gasteiger partial charge in [-0.25, -0.2) is 0 Å². The average Bonchev–Trinajstić information content (AvgIpc) is 2.79. The van der Waals surface area contributed by atoms with Gasteiger partial charge in [-0.2, -0.15) is 0 Å². The first-order valence-electron chi connectivity index (χ1n) is 10.9. The van der Waals surface area contributed by atoms with E-state index in [2.05, 4.69) is 60.4 Å². The maximum absolute atomic E-state index is 11.4. The summed E-state index contributed by atoms with van der Waals surface area (Å²) in [6.45, 7) is 4.18. The van der Waals surface area contributed by atoms with Crippen molar-refractivity contribution in [3.8, 4) is 5.75 Å². The summed E-state index contributed by atoms with van der Waals surface area (Å²) < 4.78 is 6.08. The topological polar surface area (TPSA) is 49.8 Å². The lowest BCUT2D eigenvalue weighted by molar-refractivity contribution is -0.143. The third-order valence-electron chi connectivity index (χ3n) is 6.02. The van der Waals surface area contributed by atoms with Crippen LogP contribution in [0.25, 0.3) is 0 Å². The van der Waals surface area contributed by atoms with Gasteiger partial charge in [-0.3, -0.25) is 9.69 Å². The lowest BCUT2D eigenvalue weighted by Crippen LogP contribution is -2.39. The molecule has 1 N–H and O–H groups in total. The zero-order valence-corrected chi connectivity index (χ0v) is 17.9. The molecule has 3 aromatic carbocycles. The highest BCUT2D eigenvalue weighted by Crippen LogP contribution is 2.34. The maximum Gasteiger partial charge on any atom is 0.306 e. The molecule has 3 aromatic rings. The van der Waals surface area contributed by atoms with E-state index >= 15 is 0 Å². The van der Waals surface area contributed by atoms with Crippen molar-refractivity contribution >= 4 is 5.97 Å². The predicted octanol–water partition coefficient (Wildman–Crippen LogP) is 5.46. The van der Waals surface area contributed by atoms with Gasteiger partial charge in [0.2, 0.25) is 0 Å². The normalized spacial score (nSPS) is 16.0. The molecule has 4 heteroatoms. The van der Waals surface area contributed by atoms with Crippen LogP contribution in [0.1, 0.15) is 41.1 Å². The number of aliphatic carboxylic acids is 1. The second-order valence-electron chi connectivity index (χ2n) is 8.31. The highest BCUT2D eigenvalue weighted by Gasteiger charge is 2.30. The lowest BCUT2D eigenvalue weighted by Gasteiger charge is -2.37. The Morgan fingerprint density at radius 1 is 0.968 bits per heavy atom. The predicted molar refractivity (Wildman–Crippen MR) is 122 cm³/mol. The summed E-state index contributed by atoms with van der Waals surface area (Å²) in [7, 11) is 0. The Morgan fingerprint density at radius 3 is 2.32 bits per heavy atom. The molecule has 1 atom stereocenters. The SMILES string of the molecule is Cc1cccc(C(c2cccc(OCc3ccccc3)c2)N2CCC(C(=O)O)CC2)c1. The third-order valence-corrected chi connectivity index (χ3v) is 6.02. The molecule has 0 aliphatic carbocycles. The molecule has 1 saturated heterocycles. The first-order valence-corrected chi connectivity index (χ1v) is 10.9. The zero-order valence-electron chi connectivity index (χ0n) is 17.9. The Labute approximate surface area is 184 Å². The summed E-state index contributed by atoms with van der Waals surface area (Å²) in [4.78, 5) is 13.8. The number of piperidine rings is 1. The number of carboxylic acids is 1. The molecule has 0 aromatic heterocycles. The van der Waals surface area contributed by atoms with Gasteiger partial charge in [0, 0.05) is 0 Å². The van der Waals surface area contributed by atoms with Crippen LogP contribution in [-0.2, 0) is 11.4 Å². The number of carbonyl (C=O) groups is 1. The number of hydrogen-bond donors (Lipinski definition) is 1. The summed E-state index contributed by atoms with van der Waals surface area (Å²) in [5.74, 6) is -0.0718. The highest BCUT2D eigenvalue weighted by atomic mass is 16.5. The molecule has 1 aliphatic rings. The summed E-state index contributed by atoms with van der Waals surface area (Å²) in [5, 5.41) is 9.39. The maximum atomic E-state index is 11.4. The van der Waals surface area contributed by atoms with E-state index in [9.17, 15) is 9.90 Å². The van der Waals surface area contributed by atoms with Crippen LogP contribution in [0.5, 0.6) is 5.75 Å². The van der Waals surface area contributed by atoms with Gasteiger partial charge in [0.25, 0.3) is 0 Å². The first-order chi connectivity index (χ1) is 15.1. The minimum absolute atomic E-state index is 0.0786. The lowest BCUT2D eigenvalue weighted by atomic mass is 9.91. The average molecular weight is 416 g/mol. The van der Waals surface area contributed by atoms with Gasteiger partial charge < -0.3 is 9.84 Å². The monoisotopic (exact) mass is 415 g/mol. The number of ether oxygens (including phenoxy) is 1. The molecule has 0 spiro atoms. The van der Waals surface area contributed by atoms with Crippen LogP contribution in [0.15, 0.2) is 78.9 Å². The minimum Gasteiger partial charge on any atom is -0.489 e. The Balaban J connectivity index is 1.59. The fourth-order valence-corrected chi connectivity index (χ4v) is 4.37. The standard InChI is InChI=1S/C27H29NO3/c1-20-7-5-10-23(17-20)26(28-15-13-22(14-16-28)27(29)30)24-11-6-12-25(18-24)31-19-21-8-3-2-4-9-21/h2-12,17-18,22,26H,13-16,19H2,1H3,(H,29,30). The molecule has 0 saturated carbocycles. The van der Waals surface area contributed by atoms with Crippen molar-refractivity contribution in [2.45, 2.75) is 32.4 Å². The molecular formula is C27H29NO3. The Kier molecular flexibility index (Phi) is 6.68. The summed E-state index contributed by atoms with van der Waals surface area (Å²) in [6, 6.07) is 27.1.